The molecule has 1 aromatic carbocycles. The van der Waals surface area contributed by atoms with Crippen LogP contribution in [0.4, 0.5) is 8.78 Å². The smallest absolute Gasteiger partial charge is 0.159 e. The molecule has 0 N–H and O–H groups in total. The molecule has 0 atom stereocenters. The first kappa shape index (κ1) is 11.9. The maximum atomic E-state index is 13.1. The van der Waals surface area contributed by atoms with Crippen LogP contribution in [0.1, 0.15) is 12.5 Å². The second-order valence-electron chi connectivity index (χ2n) is 3.47. The Morgan fingerprint density at radius 3 is 2.59 bits per heavy atom. The lowest BCUT2D eigenvalue weighted by atomic mass is 10.1. The first-order valence-electron chi connectivity index (χ1n) is 5.08. The van der Waals surface area contributed by atoms with E-state index in [4.69, 9.17) is 11.6 Å². The van der Waals surface area contributed by atoms with E-state index in [0.717, 1.165) is 17.7 Å². The number of hydrogen-bond donors (Lipinski definition) is 0. The number of halogens is 3. The van der Waals surface area contributed by atoms with Gasteiger partial charge in [-0.25, -0.2) is 18.7 Å². The molecule has 0 saturated carbocycles. The molecule has 0 spiro atoms. The summed E-state index contributed by atoms with van der Waals surface area (Å²) in [5.41, 5.74) is 1.75. The fraction of sp³-hybridized carbons (Fsp3) is 0.167. The van der Waals surface area contributed by atoms with E-state index < -0.39 is 11.6 Å². The summed E-state index contributed by atoms with van der Waals surface area (Å²) in [4.78, 5) is 7.93. The fourth-order valence-corrected chi connectivity index (χ4v) is 1.86. The molecular weight excluding hydrogens is 246 g/mol. The van der Waals surface area contributed by atoms with Crippen molar-refractivity contribution in [3.8, 4) is 11.3 Å². The Kier molecular flexibility index (Phi) is 3.33. The molecule has 2 aromatic rings. The average Bonchev–Trinajstić information content (AvgIpc) is 2.32. The Balaban J connectivity index is 2.60. The van der Waals surface area contributed by atoms with Gasteiger partial charge in [0.05, 0.1) is 5.69 Å². The molecule has 2 nitrogen and oxygen atoms in total. The van der Waals surface area contributed by atoms with Crippen molar-refractivity contribution in [2.24, 2.45) is 0 Å². The average molecular weight is 255 g/mol. The Morgan fingerprint density at radius 1 is 1.18 bits per heavy atom. The highest BCUT2D eigenvalue weighted by molar-refractivity contribution is 6.30. The molecule has 0 aliphatic heterocycles. The van der Waals surface area contributed by atoms with Gasteiger partial charge in [0.15, 0.2) is 11.6 Å². The van der Waals surface area contributed by atoms with Crippen LogP contribution in [0.3, 0.4) is 0 Å². The van der Waals surface area contributed by atoms with Crippen LogP contribution < -0.4 is 0 Å². The van der Waals surface area contributed by atoms with E-state index in [-0.39, 0.29) is 0 Å². The monoisotopic (exact) mass is 254 g/mol. The predicted octanol–water partition coefficient (Wildman–Crippen LogP) is 3.64. The second-order valence-corrected chi connectivity index (χ2v) is 3.83. The Morgan fingerprint density at radius 2 is 1.94 bits per heavy atom. The minimum atomic E-state index is -0.903. The SMILES string of the molecule is CCc1c(Cl)ncnc1-c1ccc(F)c(F)c1. The zero-order valence-electron chi connectivity index (χ0n) is 9.04. The summed E-state index contributed by atoms with van der Waals surface area (Å²) >= 11 is 5.93. The molecule has 2 rings (SSSR count). The van der Waals surface area contributed by atoms with Gasteiger partial charge < -0.3 is 0 Å². The Labute approximate surface area is 102 Å². The van der Waals surface area contributed by atoms with Crippen LogP contribution in [0, 0.1) is 11.6 Å². The maximum absolute atomic E-state index is 13.1. The van der Waals surface area contributed by atoms with E-state index in [1.807, 2.05) is 6.92 Å². The maximum Gasteiger partial charge on any atom is 0.159 e. The molecule has 5 heteroatoms. The number of rotatable bonds is 2. The van der Waals surface area contributed by atoms with Crippen molar-refractivity contribution in [3.05, 3.63) is 46.9 Å². The minimum absolute atomic E-state index is 0.335. The first-order valence-corrected chi connectivity index (χ1v) is 5.46. The van der Waals surface area contributed by atoms with Gasteiger partial charge in [-0.3, -0.25) is 0 Å². The molecule has 1 aromatic heterocycles. The molecule has 88 valence electrons. The predicted molar refractivity (Wildman–Crippen MR) is 61.8 cm³/mol. The number of aromatic nitrogens is 2. The van der Waals surface area contributed by atoms with Gasteiger partial charge in [-0.2, -0.15) is 0 Å². The lowest BCUT2D eigenvalue weighted by Crippen LogP contribution is -1.96. The lowest BCUT2D eigenvalue weighted by molar-refractivity contribution is 0.509. The molecule has 0 saturated heterocycles. The van der Waals surface area contributed by atoms with Gasteiger partial charge in [0.1, 0.15) is 11.5 Å². The normalized spacial score (nSPS) is 10.6. The van der Waals surface area contributed by atoms with Crippen LogP contribution in [0.25, 0.3) is 11.3 Å². The summed E-state index contributed by atoms with van der Waals surface area (Å²) < 4.78 is 26.0. The fourth-order valence-electron chi connectivity index (χ4n) is 1.60. The number of nitrogens with zero attached hydrogens (tertiary/aromatic N) is 2. The summed E-state index contributed by atoms with van der Waals surface area (Å²) in [6.45, 7) is 1.90. The molecule has 0 fully saturated rings. The van der Waals surface area contributed by atoms with E-state index in [9.17, 15) is 8.78 Å². The van der Waals surface area contributed by atoms with Crippen molar-refractivity contribution in [3.63, 3.8) is 0 Å². The van der Waals surface area contributed by atoms with Crippen molar-refractivity contribution >= 4 is 11.6 Å². The van der Waals surface area contributed by atoms with Gasteiger partial charge in [0, 0.05) is 11.1 Å². The van der Waals surface area contributed by atoms with Gasteiger partial charge >= 0.3 is 0 Å². The zero-order valence-corrected chi connectivity index (χ0v) is 9.80. The quantitative estimate of drug-likeness (QED) is 0.765. The lowest BCUT2D eigenvalue weighted by Gasteiger charge is -2.08. The van der Waals surface area contributed by atoms with Gasteiger partial charge in [-0.05, 0) is 24.6 Å². The largest absolute Gasteiger partial charge is 0.236 e. The van der Waals surface area contributed by atoms with Crippen LogP contribution >= 0.6 is 11.6 Å². The van der Waals surface area contributed by atoms with E-state index in [0.29, 0.717) is 22.8 Å². The molecule has 0 aliphatic carbocycles. The standard InChI is InChI=1S/C12H9ClF2N2/c1-2-8-11(16-6-17-12(8)13)7-3-4-9(14)10(15)5-7/h3-6H,2H2,1H3. The third-order valence-corrected chi connectivity index (χ3v) is 2.77. The zero-order chi connectivity index (χ0) is 12.4. The topological polar surface area (TPSA) is 25.8 Å². The highest BCUT2D eigenvalue weighted by atomic mass is 35.5. The summed E-state index contributed by atoms with van der Waals surface area (Å²) in [6, 6.07) is 3.64. The van der Waals surface area contributed by atoms with E-state index in [2.05, 4.69) is 9.97 Å². The van der Waals surface area contributed by atoms with E-state index >= 15 is 0 Å². The molecule has 0 radical (unpaired) electrons. The van der Waals surface area contributed by atoms with Crippen LogP contribution in [-0.2, 0) is 6.42 Å². The number of hydrogen-bond acceptors (Lipinski definition) is 2. The molecular formula is C12H9ClF2N2. The summed E-state index contributed by atoms with van der Waals surface area (Å²) in [5, 5.41) is 0.335. The van der Waals surface area contributed by atoms with Crippen molar-refractivity contribution in [2.45, 2.75) is 13.3 Å². The molecule has 0 amide bonds. The van der Waals surface area contributed by atoms with Crippen LogP contribution in [0.15, 0.2) is 24.5 Å². The van der Waals surface area contributed by atoms with Gasteiger partial charge in [0.25, 0.3) is 0 Å². The third kappa shape index (κ3) is 2.26. The highest BCUT2D eigenvalue weighted by Gasteiger charge is 2.12. The molecule has 0 bridgehead atoms. The van der Waals surface area contributed by atoms with Gasteiger partial charge in [0.2, 0.25) is 0 Å². The van der Waals surface area contributed by atoms with Crippen molar-refractivity contribution in [2.75, 3.05) is 0 Å². The number of benzene rings is 1. The van der Waals surface area contributed by atoms with Gasteiger partial charge in [-0.15, -0.1) is 0 Å². The molecule has 17 heavy (non-hydrogen) atoms. The first-order chi connectivity index (χ1) is 8.13. The third-order valence-electron chi connectivity index (χ3n) is 2.44. The van der Waals surface area contributed by atoms with Crippen molar-refractivity contribution in [1.82, 2.24) is 9.97 Å². The summed E-state index contributed by atoms with van der Waals surface area (Å²) in [7, 11) is 0. The van der Waals surface area contributed by atoms with Crippen molar-refractivity contribution < 1.29 is 8.78 Å². The van der Waals surface area contributed by atoms with Crippen LogP contribution in [0.5, 0.6) is 0 Å². The molecule has 1 heterocycles. The summed E-state index contributed by atoms with van der Waals surface area (Å²) in [6.07, 6.45) is 1.92. The molecule has 0 aliphatic rings. The Bertz CT molecular complexity index is 558. The van der Waals surface area contributed by atoms with Gasteiger partial charge in [-0.1, -0.05) is 18.5 Å². The van der Waals surface area contributed by atoms with Crippen LogP contribution in [-0.4, -0.2) is 9.97 Å². The van der Waals surface area contributed by atoms with Crippen molar-refractivity contribution in [1.29, 1.82) is 0 Å². The second kappa shape index (κ2) is 4.75. The Hall–Kier alpha value is -1.55. The highest BCUT2D eigenvalue weighted by Crippen LogP contribution is 2.26. The van der Waals surface area contributed by atoms with E-state index in [1.165, 1.54) is 12.4 Å². The summed E-state index contributed by atoms with van der Waals surface area (Å²) in [5.74, 6) is -1.79. The molecule has 0 unspecified atom stereocenters. The van der Waals surface area contributed by atoms with Crippen LogP contribution in [0.2, 0.25) is 5.15 Å². The van der Waals surface area contributed by atoms with E-state index in [1.54, 1.807) is 0 Å². The minimum Gasteiger partial charge on any atom is -0.236 e.